The van der Waals surface area contributed by atoms with E-state index in [0.717, 1.165) is 17.5 Å². The zero-order valence-electron chi connectivity index (χ0n) is 11.4. The van der Waals surface area contributed by atoms with Gasteiger partial charge in [0.05, 0.1) is 0 Å². The van der Waals surface area contributed by atoms with Crippen molar-refractivity contribution in [3.8, 4) is 0 Å². The maximum absolute atomic E-state index is 13.8. The Bertz CT molecular complexity index is 603. The SMILES string of the molecule is Cc1ccc([S@@](=O)/C(F)=C/CCc2ccccc2)cc1. The van der Waals surface area contributed by atoms with E-state index in [4.69, 9.17) is 0 Å². The molecule has 0 spiro atoms. The second-order valence-electron chi connectivity index (χ2n) is 4.61. The summed E-state index contributed by atoms with van der Waals surface area (Å²) in [6, 6.07) is 17.0. The minimum absolute atomic E-state index is 0.504. The van der Waals surface area contributed by atoms with Crippen molar-refractivity contribution in [2.24, 2.45) is 0 Å². The average Bonchev–Trinajstić information content (AvgIpc) is 2.48. The molecule has 0 heterocycles. The molecule has 0 amide bonds. The number of hydrogen-bond donors (Lipinski definition) is 0. The maximum atomic E-state index is 13.8. The standard InChI is InChI=1S/C17H17FOS/c1-14-10-12-16(13-11-14)20(19)17(18)9-5-8-15-6-3-2-4-7-15/h2-4,6-7,9-13H,5,8H2,1H3/b17-9+/t20-/m1/s1. The summed E-state index contributed by atoms with van der Waals surface area (Å²) in [5.74, 6) is 0. The van der Waals surface area contributed by atoms with Gasteiger partial charge in [-0.2, -0.15) is 4.39 Å². The molecule has 1 nitrogen and oxygen atoms in total. The molecule has 0 N–H and O–H groups in total. The Morgan fingerprint density at radius 3 is 2.40 bits per heavy atom. The van der Waals surface area contributed by atoms with E-state index in [9.17, 15) is 8.60 Å². The molecule has 0 fully saturated rings. The fourth-order valence-corrected chi connectivity index (χ4v) is 2.72. The maximum Gasteiger partial charge on any atom is 0.187 e. The van der Waals surface area contributed by atoms with E-state index >= 15 is 0 Å². The van der Waals surface area contributed by atoms with Crippen LogP contribution in [-0.2, 0) is 17.2 Å². The molecule has 2 aromatic rings. The topological polar surface area (TPSA) is 17.1 Å². The molecule has 3 heteroatoms. The van der Waals surface area contributed by atoms with Gasteiger partial charge in [-0.15, -0.1) is 0 Å². The number of hydrogen-bond acceptors (Lipinski definition) is 1. The molecule has 1 atom stereocenters. The third kappa shape index (κ3) is 4.14. The molecule has 0 unspecified atom stereocenters. The zero-order valence-corrected chi connectivity index (χ0v) is 12.2. The fourth-order valence-electron chi connectivity index (χ4n) is 1.85. The summed E-state index contributed by atoms with van der Waals surface area (Å²) in [5.41, 5.74) is 2.22. The molecule has 0 aliphatic carbocycles. The van der Waals surface area contributed by atoms with Crippen molar-refractivity contribution in [3.05, 3.63) is 77.0 Å². The minimum atomic E-state index is -1.70. The highest BCUT2D eigenvalue weighted by atomic mass is 32.2. The monoisotopic (exact) mass is 288 g/mol. The number of benzene rings is 2. The Kier molecular flexibility index (Phi) is 5.24. The Balaban J connectivity index is 1.96. The Morgan fingerprint density at radius 2 is 1.75 bits per heavy atom. The smallest absolute Gasteiger partial charge is 0.187 e. The van der Waals surface area contributed by atoms with Gasteiger partial charge in [-0.25, -0.2) is 4.21 Å². The van der Waals surface area contributed by atoms with Crippen molar-refractivity contribution in [2.75, 3.05) is 0 Å². The molecule has 2 rings (SSSR count). The molecule has 0 aromatic heterocycles. The first-order chi connectivity index (χ1) is 9.66. The number of halogens is 1. The molecule has 0 saturated carbocycles. The van der Waals surface area contributed by atoms with Crippen LogP contribution in [0, 0.1) is 6.92 Å². The van der Waals surface area contributed by atoms with Crippen LogP contribution in [0.5, 0.6) is 0 Å². The van der Waals surface area contributed by atoms with E-state index in [-0.39, 0.29) is 0 Å². The van der Waals surface area contributed by atoms with Crippen molar-refractivity contribution in [2.45, 2.75) is 24.7 Å². The van der Waals surface area contributed by atoms with Crippen LogP contribution in [0.2, 0.25) is 0 Å². The summed E-state index contributed by atoms with van der Waals surface area (Å²) in [7, 11) is -1.70. The third-order valence-corrected chi connectivity index (χ3v) is 4.21. The van der Waals surface area contributed by atoms with E-state index in [0.29, 0.717) is 11.3 Å². The average molecular weight is 288 g/mol. The van der Waals surface area contributed by atoms with Crippen LogP contribution in [0.3, 0.4) is 0 Å². The second-order valence-corrected chi connectivity index (χ2v) is 6.01. The van der Waals surface area contributed by atoms with Crippen molar-refractivity contribution >= 4 is 10.8 Å². The Morgan fingerprint density at radius 1 is 1.10 bits per heavy atom. The summed E-state index contributed by atoms with van der Waals surface area (Å²) in [4.78, 5) is 0.504. The van der Waals surface area contributed by atoms with Gasteiger partial charge in [0.1, 0.15) is 10.8 Å². The predicted molar refractivity (Wildman–Crippen MR) is 81.5 cm³/mol. The largest absolute Gasteiger partial charge is 0.247 e. The lowest BCUT2D eigenvalue weighted by molar-refractivity contribution is 0.646. The summed E-state index contributed by atoms with van der Waals surface area (Å²) >= 11 is 0. The quantitative estimate of drug-likeness (QED) is 0.789. The van der Waals surface area contributed by atoms with Gasteiger partial charge >= 0.3 is 0 Å². The molecule has 0 aliphatic rings. The lowest BCUT2D eigenvalue weighted by Crippen LogP contribution is -1.92. The number of allylic oxidation sites excluding steroid dienone is 1. The van der Waals surface area contributed by atoms with Crippen LogP contribution in [0.15, 0.2) is 70.7 Å². The first-order valence-corrected chi connectivity index (χ1v) is 7.70. The molecule has 2 aromatic carbocycles. The van der Waals surface area contributed by atoms with Gasteiger partial charge in [0, 0.05) is 4.90 Å². The fraction of sp³-hybridized carbons (Fsp3) is 0.176. The molecule has 20 heavy (non-hydrogen) atoms. The minimum Gasteiger partial charge on any atom is -0.247 e. The van der Waals surface area contributed by atoms with Gasteiger partial charge in [-0.3, -0.25) is 0 Å². The van der Waals surface area contributed by atoms with Crippen LogP contribution in [0.25, 0.3) is 0 Å². The second kappa shape index (κ2) is 7.15. The highest BCUT2D eigenvalue weighted by molar-refractivity contribution is 7.88. The van der Waals surface area contributed by atoms with Crippen LogP contribution in [0.4, 0.5) is 4.39 Å². The first kappa shape index (κ1) is 14.7. The molecule has 104 valence electrons. The first-order valence-electron chi connectivity index (χ1n) is 6.55. The summed E-state index contributed by atoms with van der Waals surface area (Å²) < 4.78 is 25.8. The van der Waals surface area contributed by atoms with Gasteiger partial charge < -0.3 is 0 Å². The normalized spacial score (nSPS) is 13.2. The van der Waals surface area contributed by atoms with Gasteiger partial charge in [-0.05, 0) is 43.5 Å². The number of rotatable bonds is 5. The highest BCUT2D eigenvalue weighted by Crippen LogP contribution is 2.17. The van der Waals surface area contributed by atoms with Crippen LogP contribution in [0.1, 0.15) is 17.5 Å². The summed E-state index contributed by atoms with van der Waals surface area (Å²) in [6.07, 6.45) is 2.72. The molecule has 0 bridgehead atoms. The predicted octanol–water partition coefficient (Wildman–Crippen LogP) is 4.55. The summed E-state index contributed by atoms with van der Waals surface area (Å²) in [6.45, 7) is 1.94. The van der Waals surface area contributed by atoms with Gasteiger partial charge in [0.25, 0.3) is 0 Å². The van der Waals surface area contributed by atoms with Gasteiger partial charge in [0.2, 0.25) is 0 Å². The van der Waals surface area contributed by atoms with Crippen molar-refractivity contribution in [3.63, 3.8) is 0 Å². The van der Waals surface area contributed by atoms with E-state index in [1.54, 1.807) is 12.1 Å². The molecular formula is C17H17FOS. The van der Waals surface area contributed by atoms with Crippen molar-refractivity contribution in [1.29, 1.82) is 0 Å². The Hall–Kier alpha value is -1.74. The molecule has 0 aliphatic heterocycles. The highest BCUT2D eigenvalue weighted by Gasteiger charge is 2.09. The Labute approximate surface area is 121 Å². The molecule has 0 saturated heterocycles. The lowest BCUT2D eigenvalue weighted by Gasteiger charge is -2.01. The van der Waals surface area contributed by atoms with E-state index in [1.807, 2.05) is 49.4 Å². The van der Waals surface area contributed by atoms with Crippen LogP contribution < -0.4 is 0 Å². The molecular weight excluding hydrogens is 271 g/mol. The van der Waals surface area contributed by atoms with E-state index in [1.165, 1.54) is 6.08 Å². The third-order valence-electron chi connectivity index (χ3n) is 2.99. The van der Waals surface area contributed by atoms with Gasteiger partial charge in [-0.1, -0.05) is 48.0 Å². The van der Waals surface area contributed by atoms with E-state index in [2.05, 4.69) is 0 Å². The van der Waals surface area contributed by atoms with Crippen molar-refractivity contribution < 1.29 is 8.60 Å². The van der Waals surface area contributed by atoms with E-state index < -0.39 is 16.0 Å². The van der Waals surface area contributed by atoms with Gasteiger partial charge in [0.15, 0.2) is 5.16 Å². The lowest BCUT2D eigenvalue weighted by atomic mass is 10.1. The number of aryl methyl sites for hydroxylation is 2. The zero-order chi connectivity index (χ0) is 14.4. The summed E-state index contributed by atoms with van der Waals surface area (Å²) in [5, 5.41) is -0.565. The van der Waals surface area contributed by atoms with Crippen LogP contribution in [-0.4, -0.2) is 4.21 Å². The van der Waals surface area contributed by atoms with Crippen LogP contribution >= 0.6 is 0 Å². The van der Waals surface area contributed by atoms with Crippen molar-refractivity contribution in [1.82, 2.24) is 0 Å². The molecule has 0 radical (unpaired) electrons.